The van der Waals surface area contributed by atoms with E-state index < -0.39 is 10.4 Å². The Morgan fingerprint density at radius 1 is 0.783 bits per heavy atom. The fourth-order valence-corrected chi connectivity index (χ4v) is 2.60. The summed E-state index contributed by atoms with van der Waals surface area (Å²) in [6.45, 7) is 7.17. The molecule has 0 aromatic rings. The maximum atomic E-state index is 8.92. The van der Waals surface area contributed by atoms with E-state index in [4.69, 9.17) is 22.6 Å². The minimum atomic E-state index is -5.17. The summed E-state index contributed by atoms with van der Waals surface area (Å²) in [5.74, 6) is 1.44. The Balaban J connectivity index is 0. The van der Waals surface area contributed by atoms with Crippen molar-refractivity contribution < 1.29 is 22.6 Å². The lowest BCUT2D eigenvalue weighted by Gasteiger charge is -2.09. The van der Waals surface area contributed by atoms with Crippen molar-refractivity contribution in [2.24, 2.45) is 11.8 Å². The third-order valence-electron chi connectivity index (χ3n) is 3.99. The number of hydrogen-bond acceptors (Lipinski definition) is 5. The minimum absolute atomic E-state index is 0.357. The van der Waals surface area contributed by atoms with E-state index in [2.05, 4.69) is 20.8 Å². The predicted molar refractivity (Wildman–Crippen MR) is 92.3 cm³/mol. The fraction of sp³-hybridized carbons (Fsp3) is 1.00. The van der Waals surface area contributed by atoms with Gasteiger partial charge in [-0.1, -0.05) is 85.0 Å². The van der Waals surface area contributed by atoms with Gasteiger partial charge in [-0.3, -0.25) is 8.42 Å². The molecule has 1 N–H and O–H groups in total. The van der Waals surface area contributed by atoms with E-state index in [0.29, 0.717) is 12.5 Å². The zero-order chi connectivity index (χ0) is 18.1. The predicted octanol–water partition coefficient (Wildman–Crippen LogP) is 4.22. The average Bonchev–Trinajstić information content (AvgIpc) is 2.43. The highest BCUT2D eigenvalue weighted by atomic mass is 32.3. The van der Waals surface area contributed by atoms with Crippen molar-refractivity contribution >= 4 is 10.4 Å². The van der Waals surface area contributed by atoms with Crippen molar-refractivity contribution in [2.45, 2.75) is 91.4 Å². The molecule has 0 heterocycles. The van der Waals surface area contributed by atoms with Gasteiger partial charge >= 0.3 is 0 Å². The second-order valence-corrected chi connectivity index (χ2v) is 7.46. The van der Waals surface area contributed by atoms with Crippen LogP contribution in [0.3, 0.4) is 0 Å². The third-order valence-corrected chi connectivity index (χ3v) is 3.99. The summed E-state index contributed by atoms with van der Waals surface area (Å²) in [7, 11) is -5.17. The van der Waals surface area contributed by atoms with Gasteiger partial charge in [0.1, 0.15) is 0 Å². The van der Waals surface area contributed by atoms with Gasteiger partial charge in [0, 0.05) is 17.0 Å². The fourth-order valence-electron chi connectivity index (χ4n) is 2.60. The molecule has 0 saturated heterocycles. The standard InChI is InChI=1S/C17H36O.H2O4S/c1-4-12-16(2)13-10-8-6-5-7-9-11-14-17(3)15-18;1-5(2,3)4/h16-18H,4-15H2,1-3H3;(H2,1,2,3,4)/p-2. The Bertz CT molecular complexity index is 322. The molecule has 0 aromatic heterocycles. The van der Waals surface area contributed by atoms with Crippen molar-refractivity contribution in [2.75, 3.05) is 6.61 Å². The molecule has 23 heavy (non-hydrogen) atoms. The monoisotopic (exact) mass is 352 g/mol. The molecule has 0 spiro atoms. The van der Waals surface area contributed by atoms with Crippen molar-refractivity contribution in [3.05, 3.63) is 0 Å². The molecule has 0 aliphatic heterocycles. The van der Waals surface area contributed by atoms with Crippen LogP contribution in [0.4, 0.5) is 0 Å². The Morgan fingerprint density at radius 2 is 1.13 bits per heavy atom. The number of rotatable bonds is 13. The molecule has 0 bridgehead atoms. The van der Waals surface area contributed by atoms with Crippen LogP contribution in [0.25, 0.3) is 0 Å². The molecule has 0 aliphatic carbocycles. The summed E-state index contributed by atoms with van der Waals surface area (Å²) in [5.41, 5.74) is 0. The first kappa shape index (κ1) is 25.1. The molecule has 2 atom stereocenters. The van der Waals surface area contributed by atoms with E-state index in [-0.39, 0.29) is 0 Å². The molecular weight excluding hydrogens is 316 g/mol. The second kappa shape index (κ2) is 16.7. The van der Waals surface area contributed by atoms with Crippen LogP contribution in [0.15, 0.2) is 0 Å². The summed E-state index contributed by atoms with van der Waals surface area (Å²) >= 11 is 0. The zero-order valence-electron chi connectivity index (χ0n) is 15.1. The van der Waals surface area contributed by atoms with Gasteiger partial charge in [-0.15, -0.1) is 0 Å². The van der Waals surface area contributed by atoms with Crippen LogP contribution in [0.5, 0.6) is 0 Å². The number of aliphatic hydroxyl groups excluding tert-OH is 1. The maximum absolute atomic E-state index is 8.92. The first-order valence-electron chi connectivity index (χ1n) is 8.98. The SMILES string of the molecule is CCCC(C)CCCCCCCCCC(C)CO.O=S(=O)([O-])[O-]. The van der Waals surface area contributed by atoms with Gasteiger partial charge in [0.05, 0.1) is 0 Å². The van der Waals surface area contributed by atoms with Crippen molar-refractivity contribution in [3.8, 4) is 0 Å². The molecule has 0 rings (SSSR count). The first-order valence-corrected chi connectivity index (χ1v) is 10.3. The summed E-state index contributed by atoms with van der Waals surface area (Å²) in [4.78, 5) is 0. The first-order chi connectivity index (χ1) is 10.7. The van der Waals surface area contributed by atoms with E-state index in [1.165, 1.54) is 70.6 Å². The van der Waals surface area contributed by atoms with Crippen molar-refractivity contribution in [1.29, 1.82) is 0 Å². The normalized spacial score (nSPS) is 14.0. The molecule has 0 radical (unpaired) electrons. The smallest absolute Gasteiger partial charge is 0.0456 e. The summed E-state index contributed by atoms with van der Waals surface area (Å²) < 4.78 is 34.1. The van der Waals surface area contributed by atoms with E-state index in [1.54, 1.807) is 0 Å². The van der Waals surface area contributed by atoms with Crippen LogP contribution in [-0.4, -0.2) is 29.2 Å². The molecule has 6 heteroatoms. The quantitative estimate of drug-likeness (QED) is 0.304. The molecule has 0 amide bonds. The lowest BCUT2D eigenvalue weighted by molar-refractivity contribution is 0.227. The Morgan fingerprint density at radius 3 is 1.48 bits per heavy atom. The van der Waals surface area contributed by atoms with Gasteiger partial charge in [0.25, 0.3) is 0 Å². The van der Waals surface area contributed by atoms with E-state index in [9.17, 15) is 0 Å². The topological polar surface area (TPSA) is 100 Å². The Labute approximate surface area is 143 Å². The lowest BCUT2D eigenvalue weighted by Crippen LogP contribution is -1.99. The Kier molecular flexibility index (Phi) is 18.2. The lowest BCUT2D eigenvalue weighted by atomic mass is 9.97. The van der Waals surface area contributed by atoms with Gasteiger partial charge in [0.15, 0.2) is 0 Å². The van der Waals surface area contributed by atoms with E-state index in [1.807, 2.05) is 0 Å². The number of unbranched alkanes of at least 4 members (excludes halogenated alkanes) is 6. The van der Waals surface area contributed by atoms with Crippen LogP contribution in [-0.2, 0) is 10.4 Å². The maximum Gasteiger partial charge on any atom is 0.0456 e. The van der Waals surface area contributed by atoms with E-state index in [0.717, 1.165) is 5.92 Å². The average molecular weight is 353 g/mol. The van der Waals surface area contributed by atoms with Crippen LogP contribution in [0.1, 0.15) is 91.4 Å². The molecule has 5 nitrogen and oxygen atoms in total. The zero-order valence-corrected chi connectivity index (χ0v) is 15.9. The van der Waals surface area contributed by atoms with Gasteiger partial charge in [-0.05, 0) is 18.3 Å². The highest BCUT2D eigenvalue weighted by molar-refractivity contribution is 7.79. The molecule has 0 aliphatic rings. The van der Waals surface area contributed by atoms with Crippen LogP contribution in [0.2, 0.25) is 0 Å². The Hall–Kier alpha value is -0.170. The molecular formula is C17H36O5S-2. The van der Waals surface area contributed by atoms with Gasteiger partial charge < -0.3 is 14.2 Å². The molecule has 2 unspecified atom stereocenters. The summed E-state index contributed by atoms with van der Waals surface area (Å²) in [6.07, 6.45) is 15.1. The van der Waals surface area contributed by atoms with Crippen LogP contribution >= 0.6 is 0 Å². The number of aliphatic hydroxyl groups is 1. The molecule has 0 aromatic carbocycles. The summed E-state index contributed by atoms with van der Waals surface area (Å²) in [5, 5.41) is 8.92. The molecule has 0 fully saturated rings. The highest BCUT2D eigenvalue weighted by Gasteiger charge is 2.01. The molecule has 142 valence electrons. The minimum Gasteiger partial charge on any atom is -0.759 e. The molecule has 0 saturated carbocycles. The van der Waals surface area contributed by atoms with Gasteiger partial charge in [0.2, 0.25) is 0 Å². The van der Waals surface area contributed by atoms with Crippen LogP contribution < -0.4 is 0 Å². The van der Waals surface area contributed by atoms with Gasteiger partial charge in [-0.25, -0.2) is 0 Å². The van der Waals surface area contributed by atoms with E-state index >= 15 is 0 Å². The van der Waals surface area contributed by atoms with Gasteiger partial charge in [-0.2, -0.15) is 0 Å². The van der Waals surface area contributed by atoms with Crippen molar-refractivity contribution in [3.63, 3.8) is 0 Å². The summed E-state index contributed by atoms with van der Waals surface area (Å²) in [6, 6.07) is 0. The van der Waals surface area contributed by atoms with Crippen molar-refractivity contribution in [1.82, 2.24) is 0 Å². The number of hydrogen-bond donors (Lipinski definition) is 1. The van der Waals surface area contributed by atoms with Crippen LogP contribution in [0, 0.1) is 11.8 Å². The third kappa shape index (κ3) is 30.3. The second-order valence-electron chi connectivity index (χ2n) is 6.64. The highest BCUT2D eigenvalue weighted by Crippen LogP contribution is 2.16. The largest absolute Gasteiger partial charge is 0.759 e.